The zero-order valence-corrected chi connectivity index (χ0v) is 11.1. The van der Waals surface area contributed by atoms with Gasteiger partial charge in [-0.25, -0.2) is 0 Å². The molecule has 1 heterocycles. The molecule has 0 radical (unpaired) electrons. The summed E-state index contributed by atoms with van der Waals surface area (Å²) in [5.41, 5.74) is 2.72. The first-order valence-electron chi connectivity index (χ1n) is 6.50. The van der Waals surface area contributed by atoms with Gasteiger partial charge in [0.25, 0.3) is 0 Å². The second-order valence-corrected chi connectivity index (χ2v) is 4.71. The predicted molar refractivity (Wildman–Crippen MR) is 76.2 cm³/mol. The van der Waals surface area contributed by atoms with Crippen LogP contribution in [0, 0.1) is 0 Å². The second kappa shape index (κ2) is 6.57. The van der Waals surface area contributed by atoms with Gasteiger partial charge in [0, 0.05) is 44.9 Å². The zero-order chi connectivity index (χ0) is 12.8. The van der Waals surface area contributed by atoms with E-state index in [1.54, 1.807) is 7.11 Å². The van der Waals surface area contributed by atoms with Crippen molar-refractivity contribution >= 4 is 5.69 Å². The molecule has 0 fully saturated rings. The molecule has 3 nitrogen and oxygen atoms in total. The summed E-state index contributed by atoms with van der Waals surface area (Å²) < 4.78 is 5.16. The third-order valence-corrected chi connectivity index (χ3v) is 3.42. The maximum Gasteiger partial charge on any atom is 0.0589 e. The van der Waals surface area contributed by atoms with Crippen LogP contribution in [-0.2, 0) is 4.74 Å². The van der Waals surface area contributed by atoms with E-state index in [1.165, 1.54) is 11.3 Å². The van der Waals surface area contributed by atoms with E-state index in [4.69, 9.17) is 4.74 Å². The number of fused-ring (bicyclic) bond motifs is 1. The van der Waals surface area contributed by atoms with Gasteiger partial charge in [0.15, 0.2) is 0 Å². The van der Waals surface area contributed by atoms with Gasteiger partial charge in [0.05, 0.1) is 6.61 Å². The van der Waals surface area contributed by atoms with Crippen LogP contribution in [0.25, 0.3) is 0 Å². The van der Waals surface area contributed by atoms with Gasteiger partial charge in [0.2, 0.25) is 0 Å². The Morgan fingerprint density at radius 1 is 1.50 bits per heavy atom. The molecule has 0 amide bonds. The normalized spacial score (nSPS) is 17.6. The molecule has 1 aliphatic rings. The van der Waals surface area contributed by atoms with Gasteiger partial charge in [-0.15, -0.1) is 6.58 Å². The Morgan fingerprint density at radius 3 is 3.11 bits per heavy atom. The van der Waals surface area contributed by atoms with E-state index in [9.17, 15) is 0 Å². The molecule has 1 aliphatic heterocycles. The summed E-state index contributed by atoms with van der Waals surface area (Å²) >= 11 is 0. The van der Waals surface area contributed by atoms with Crippen molar-refractivity contribution < 1.29 is 4.74 Å². The highest BCUT2D eigenvalue weighted by Crippen LogP contribution is 2.31. The second-order valence-electron chi connectivity index (χ2n) is 4.71. The van der Waals surface area contributed by atoms with Gasteiger partial charge in [-0.05, 0) is 11.6 Å². The summed E-state index contributed by atoms with van der Waals surface area (Å²) in [7, 11) is 1.75. The van der Waals surface area contributed by atoms with Crippen molar-refractivity contribution in [2.45, 2.75) is 5.92 Å². The van der Waals surface area contributed by atoms with E-state index >= 15 is 0 Å². The highest BCUT2D eigenvalue weighted by atomic mass is 16.5. The lowest BCUT2D eigenvalue weighted by atomic mass is 10.0. The zero-order valence-electron chi connectivity index (χ0n) is 11.1. The Bertz CT molecular complexity index is 392. The van der Waals surface area contributed by atoms with Crippen molar-refractivity contribution in [1.82, 2.24) is 4.90 Å². The number of nitrogens with one attached hydrogen (secondary N) is 1. The minimum Gasteiger partial charge on any atom is -0.384 e. The number of para-hydroxylation sites is 1. The maximum atomic E-state index is 5.16. The molecule has 0 bridgehead atoms. The molecule has 0 aliphatic carbocycles. The summed E-state index contributed by atoms with van der Waals surface area (Å²) in [6.07, 6.45) is 1.96. The third-order valence-electron chi connectivity index (χ3n) is 3.42. The Balaban J connectivity index is 1.97. The number of hydrogen-bond donors (Lipinski definition) is 1. The van der Waals surface area contributed by atoms with Crippen LogP contribution in [-0.4, -0.2) is 44.8 Å². The molecule has 1 aromatic carbocycles. The predicted octanol–water partition coefficient (Wildman–Crippen LogP) is 2.33. The van der Waals surface area contributed by atoms with Gasteiger partial charge in [0.1, 0.15) is 0 Å². The standard InChI is InChI=1S/C15H22N2O/c1-3-8-17(9-10-18-2)12-13-11-16-15-7-5-4-6-14(13)15/h3-7,13,16H,1,8-12H2,2H3. The number of hydrogen-bond acceptors (Lipinski definition) is 3. The fraction of sp³-hybridized carbons (Fsp3) is 0.467. The van der Waals surface area contributed by atoms with Crippen molar-refractivity contribution in [3.8, 4) is 0 Å². The number of benzene rings is 1. The van der Waals surface area contributed by atoms with E-state index in [-0.39, 0.29) is 0 Å². The van der Waals surface area contributed by atoms with Gasteiger partial charge in [-0.3, -0.25) is 4.90 Å². The Morgan fingerprint density at radius 2 is 2.33 bits per heavy atom. The van der Waals surface area contributed by atoms with Crippen LogP contribution in [0.4, 0.5) is 5.69 Å². The van der Waals surface area contributed by atoms with Crippen molar-refractivity contribution in [2.75, 3.05) is 45.2 Å². The minimum atomic E-state index is 0.568. The van der Waals surface area contributed by atoms with E-state index in [0.29, 0.717) is 5.92 Å². The van der Waals surface area contributed by atoms with Crippen molar-refractivity contribution in [2.24, 2.45) is 0 Å². The number of nitrogens with zero attached hydrogens (tertiary/aromatic N) is 1. The van der Waals surface area contributed by atoms with Crippen LogP contribution in [0.3, 0.4) is 0 Å². The van der Waals surface area contributed by atoms with E-state index in [1.807, 2.05) is 6.08 Å². The van der Waals surface area contributed by atoms with Gasteiger partial charge in [-0.2, -0.15) is 0 Å². The number of ether oxygens (including phenoxy) is 1. The molecule has 1 unspecified atom stereocenters. The fourth-order valence-electron chi connectivity index (χ4n) is 2.49. The topological polar surface area (TPSA) is 24.5 Å². The lowest BCUT2D eigenvalue weighted by Gasteiger charge is -2.23. The van der Waals surface area contributed by atoms with Crippen LogP contribution in [0.2, 0.25) is 0 Å². The summed E-state index contributed by atoms with van der Waals surface area (Å²) in [6.45, 7) is 8.56. The SMILES string of the molecule is C=CCN(CCOC)CC1CNc2ccccc21. The van der Waals surface area contributed by atoms with E-state index < -0.39 is 0 Å². The molecule has 18 heavy (non-hydrogen) atoms. The minimum absolute atomic E-state index is 0.568. The van der Waals surface area contributed by atoms with Crippen LogP contribution >= 0.6 is 0 Å². The smallest absolute Gasteiger partial charge is 0.0589 e. The first kappa shape index (κ1) is 13.1. The van der Waals surface area contributed by atoms with Crippen molar-refractivity contribution in [1.29, 1.82) is 0 Å². The first-order chi connectivity index (χ1) is 8.85. The Labute approximate surface area is 109 Å². The quantitative estimate of drug-likeness (QED) is 0.747. The molecule has 3 heteroatoms. The third kappa shape index (κ3) is 3.12. The summed E-state index contributed by atoms with van der Waals surface area (Å²) in [5, 5.41) is 3.47. The summed E-state index contributed by atoms with van der Waals surface area (Å²) in [5.74, 6) is 0.568. The Hall–Kier alpha value is -1.32. The monoisotopic (exact) mass is 246 g/mol. The fourth-order valence-corrected chi connectivity index (χ4v) is 2.49. The summed E-state index contributed by atoms with van der Waals surface area (Å²) in [6, 6.07) is 8.58. The number of anilines is 1. The summed E-state index contributed by atoms with van der Waals surface area (Å²) in [4.78, 5) is 2.39. The molecule has 1 atom stereocenters. The van der Waals surface area contributed by atoms with Crippen molar-refractivity contribution in [3.05, 3.63) is 42.5 Å². The molecular formula is C15H22N2O. The van der Waals surface area contributed by atoms with Crippen LogP contribution in [0.5, 0.6) is 0 Å². The van der Waals surface area contributed by atoms with Crippen molar-refractivity contribution in [3.63, 3.8) is 0 Å². The lowest BCUT2D eigenvalue weighted by Crippen LogP contribution is -2.32. The average Bonchev–Trinajstić information content (AvgIpc) is 2.80. The van der Waals surface area contributed by atoms with E-state index in [2.05, 4.69) is 41.1 Å². The van der Waals surface area contributed by atoms with Gasteiger partial charge < -0.3 is 10.1 Å². The molecule has 0 saturated heterocycles. The largest absolute Gasteiger partial charge is 0.384 e. The van der Waals surface area contributed by atoms with Crippen LogP contribution in [0.15, 0.2) is 36.9 Å². The lowest BCUT2D eigenvalue weighted by molar-refractivity contribution is 0.151. The Kier molecular flexibility index (Phi) is 4.79. The molecule has 2 rings (SSSR count). The van der Waals surface area contributed by atoms with E-state index in [0.717, 1.165) is 32.8 Å². The maximum absolute atomic E-state index is 5.16. The molecular weight excluding hydrogens is 224 g/mol. The molecule has 0 spiro atoms. The number of methoxy groups -OCH3 is 1. The first-order valence-corrected chi connectivity index (χ1v) is 6.50. The molecule has 0 aromatic heterocycles. The van der Waals surface area contributed by atoms with Crippen LogP contribution in [0.1, 0.15) is 11.5 Å². The number of rotatable bonds is 7. The molecule has 0 saturated carbocycles. The average molecular weight is 246 g/mol. The highest BCUT2D eigenvalue weighted by molar-refractivity contribution is 5.57. The van der Waals surface area contributed by atoms with Gasteiger partial charge >= 0.3 is 0 Å². The molecule has 1 aromatic rings. The molecule has 98 valence electrons. The highest BCUT2D eigenvalue weighted by Gasteiger charge is 2.23. The molecule has 1 N–H and O–H groups in total. The van der Waals surface area contributed by atoms with Crippen LogP contribution < -0.4 is 5.32 Å². The van der Waals surface area contributed by atoms with Gasteiger partial charge in [-0.1, -0.05) is 24.3 Å².